The van der Waals surface area contributed by atoms with Gasteiger partial charge in [0.05, 0.1) is 22.6 Å². The summed E-state index contributed by atoms with van der Waals surface area (Å²) in [6.07, 6.45) is 1.66. The average Bonchev–Trinajstić information content (AvgIpc) is 3.09. The number of methoxy groups -OCH3 is 1. The van der Waals surface area contributed by atoms with Gasteiger partial charge in [0.15, 0.2) is 17.3 Å². The molecule has 0 radical (unpaired) electrons. The third-order valence-corrected chi connectivity index (χ3v) is 4.39. The number of ether oxygens (including phenoxy) is 1. The fraction of sp³-hybridized carbons (Fsp3) is 0.250. The van der Waals surface area contributed by atoms with Gasteiger partial charge in [0.1, 0.15) is 0 Å². The smallest absolute Gasteiger partial charge is 0.273 e. The summed E-state index contributed by atoms with van der Waals surface area (Å²) in [5, 5.41) is 27.1. The van der Waals surface area contributed by atoms with Gasteiger partial charge in [-0.2, -0.15) is 14.9 Å². The molecule has 3 aromatic rings. The van der Waals surface area contributed by atoms with E-state index in [4.69, 9.17) is 4.74 Å². The van der Waals surface area contributed by atoms with E-state index >= 15 is 0 Å². The third-order valence-electron chi connectivity index (χ3n) is 3.57. The van der Waals surface area contributed by atoms with Crippen LogP contribution in [0.25, 0.3) is 5.95 Å². The Hall–Kier alpha value is -2.43. The summed E-state index contributed by atoms with van der Waals surface area (Å²) < 4.78 is 9.17. The van der Waals surface area contributed by atoms with Crippen molar-refractivity contribution >= 4 is 28.8 Å². The normalized spacial score (nSPS) is 11.4. The van der Waals surface area contributed by atoms with Crippen molar-refractivity contribution in [1.29, 1.82) is 0 Å². The molecule has 8 nitrogen and oxygen atoms in total. The quantitative estimate of drug-likeness (QED) is 0.486. The van der Waals surface area contributed by atoms with E-state index in [-0.39, 0.29) is 5.75 Å². The summed E-state index contributed by atoms with van der Waals surface area (Å²) in [6.45, 7) is 5.69. The van der Waals surface area contributed by atoms with Crippen LogP contribution >= 0.6 is 22.6 Å². The molecule has 1 aromatic carbocycles. The van der Waals surface area contributed by atoms with Crippen molar-refractivity contribution in [1.82, 2.24) is 24.7 Å². The number of hydrogen-bond acceptors (Lipinski definition) is 6. The van der Waals surface area contributed by atoms with E-state index in [9.17, 15) is 5.11 Å². The van der Waals surface area contributed by atoms with E-state index in [0.29, 0.717) is 21.1 Å². The molecular weight excluding hydrogens is 435 g/mol. The lowest BCUT2D eigenvalue weighted by atomic mass is 10.2. The van der Waals surface area contributed by atoms with Crippen LogP contribution in [0, 0.1) is 24.3 Å². The Morgan fingerprint density at radius 1 is 1.20 bits per heavy atom. The molecule has 9 heteroatoms. The highest BCUT2D eigenvalue weighted by Gasteiger charge is 2.14. The topological polar surface area (TPSA) is 90.4 Å². The minimum absolute atomic E-state index is 0.115. The Morgan fingerprint density at radius 3 is 2.60 bits per heavy atom. The Labute approximate surface area is 158 Å². The molecule has 25 heavy (non-hydrogen) atoms. The molecule has 2 heterocycles. The van der Waals surface area contributed by atoms with Crippen molar-refractivity contribution < 1.29 is 9.84 Å². The number of hydrogen-bond donors (Lipinski definition) is 1. The number of halogens is 1. The van der Waals surface area contributed by atoms with Gasteiger partial charge in [0.25, 0.3) is 5.95 Å². The maximum atomic E-state index is 9.93. The monoisotopic (exact) mass is 452 g/mol. The number of aromatic nitrogens is 5. The zero-order chi connectivity index (χ0) is 18.1. The molecule has 0 amide bonds. The summed E-state index contributed by atoms with van der Waals surface area (Å²) in [7, 11) is 1.51. The predicted molar refractivity (Wildman–Crippen MR) is 102 cm³/mol. The van der Waals surface area contributed by atoms with E-state index in [2.05, 4.69) is 20.4 Å². The zero-order valence-corrected chi connectivity index (χ0v) is 16.4. The number of aromatic hydroxyl groups is 1. The molecule has 2 aromatic heterocycles. The highest BCUT2D eigenvalue weighted by atomic mass is 127. The molecular formula is C16H17IN6O2. The minimum atomic E-state index is 0.115. The Balaban J connectivity index is 2.02. The first-order chi connectivity index (χ1) is 11.9. The molecule has 1 N–H and O–H groups in total. The molecule has 0 saturated carbocycles. The number of phenolic OH excluding ortho intramolecular Hbond substituents is 1. The third kappa shape index (κ3) is 3.36. The molecule has 0 fully saturated rings. The highest BCUT2D eigenvalue weighted by molar-refractivity contribution is 14.1. The molecule has 0 saturated heterocycles. The van der Waals surface area contributed by atoms with Crippen LogP contribution in [0.15, 0.2) is 23.3 Å². The SMILES string of the molecule is COc1cc(/C=N/n2c(C)nnc2-n2nc(C)cc2C)cc(I)c1O. The minimum Gasteiger partial charge on any atom is -0.504 e. The Bertz CT molecular complexity index is 960. The number of benzene rings is 1. The molecule has 0 atom stereocenters. The molecule has 0 aliphatic carbocycles. The first kappa shape index (κ1) is 17.4. The van der Waals surface area contributed by atoms with Crippen LogP contribution in [0.5, 0.6) is 11.5 Å². The number of nitrogens with zero attached hydrogens (tertiary/aromatic N) is 6. The Kier molecular flexibility index (Phi) is 4.75. The van der Waals surface area contributed by atoms with E-state index < -0.39 is 0 Å². The summed E-state index contributed by atoms with van der Waals surface area (Å²) >= 11 is 2.04. The lowest BCUT2D eigenvalue weighted by Crippen LogP contribution is -2.08. The van der Waals surface area contributed by atoms with Gasteiger partial charge in [-0.05, 0) is 67.1 Å². The fourth-order valence-electron chi connectivity index (χ4n) is 2.39. The van der Waals surface area contributed by atoms with Crippen LogP contribution in [0.2, 0.25) is 0 Å². The summed E-state index contributed by atoms with van der Waals surface area (Å²) in [6, 6.07) is 5.49. The second-order valence-electron chi connectivity index (χ2n) is 5.50. The highest BCUT2D eigenvalue weighted by Crippen LogP contribution is 2.31. The number of aryl methyl sites for hydroxylation is 3. The van der Waals surface area contributed by atoms with Gasteiger partial charge >= 0.3 is 0 Å². The molecule has 3 rings (SSSR count). The van der Waals surface area contributed by atoms with Gasteiger partial charge in [-0.25, -0.2) is 4.68 Å². The first-order valence-electron chi connectivity index (χ1n) is 7.47. The van der Waals surface area contributed by atoms with Gasteiger partial charge < -0.3 is 9.84 Å². The van der Waals surface area contributed by atoms with E-state index in [1.807, 2.05) is 55.5 Å². The van der Waals surface area contributed by atoms with E-state index in [1.54, 1.807) is 21.6 Å². The van der Waals surface area contributed by atoms with Crippen molar-refractivity contribution in [2.24, 2.45) is 5.10 Å². The van der Waals surface area contributed by atoms with Crippen molar-refractivity contribution in [2.45, 2.75) is 20.8 Å². The van der Waals surface area contributed by atoms with Gasteiger partial charge in [0.2, 0.25) is 0 Å². The summed E-state index contributed by atoms with van der Waals surface area (Å²) in [5.74, 6) is 1.66. The van der Waals surface area contributed by atoms with Crippen LogP contribution in [0.4, 0.5) is 0 Å². The summed E-state index contributed by atoms with van der Waals surface area (Å²) in [4.78, 5) is 0. The second kappa shape index (κ2) is 6.82. The summed E-state index contributed by atoms with van der Waals surface area (Å²) in [5.41, 5.74) is 2.63. The van der Waals surface area contributed by atoms with Crippen LogP contribution < -0.4 is 4.74 Å². The molecule has 0 unspecified atom stereocenters. The predicted octanol–water partition coefficient (Wildman–Crippen LogP) is 2.59. The van der Waals surface area contributed by atoms with Crippen molar-refractivity contribution in [2.75, 3.05) is 7.11 Å². The standard InChI is InChI=1S/C16H17IN6O2/c1-9-5-10(2)22(21-9)16-20-19-11(3)23(16)18-8-12-6-13(17)15(24)14(7-12)25-4/h5-8,24H,1-4H3/b18-8+. The van der Waals surface area contributed by atoms with Gasteiger partial charge in [0, 0.05) is 5.69 Å². The molecule has 130 valence electrons. The van der Waals surface area contributed by atoms with Crippen molar-refractivity contribution in [3.8, 4) is 17.4 Å². The van der Waals surface area contributed by atoms with E-state index in [1.165, 1.54) is 7.11 Å². The number of phenols is 1. The number of rotatable bonds is 4. The van der Waals surface area contributed by atoms with Crippen LogP contribution in [-0.2, 0) is 0 Å². The van der Waals surface area contributed by atoms with Gasteiger partial charge in [-0.1, -0.05) is 0 Å². The molecule has 0 bridgehead atoms. The van der Waals surface area contributed by atoms with Crippen LogP contribution in [-0.4, -0.2) is 43.1 Å². The lowest BCUT2D eigenvalue weighted by Gasteiger charge is -2.07. The fourth-order valence-corrected chi connectivity index (χ4v) is 3.02. The largest absolute Gasteiger partial charge is 0.504 e. The molecule has 0 aliphatic heterocycles. The maximum absolute atomic E-state index is 9.93. The second-order valence-corrected chi connectivity index (χ2v) is 6.66. The van der Waals surface area contributed by atoms with Gasteiger partial charge in [-0.3, -0.25) is 0 Å². The van der Waals surface area contributed by atoms with Crippen molar-refractivity contribution in [3.05, 3.63) is 44.5 Å². The lowest BCUT2D eigenvalue weighted by molar-refractivity contribution is 0.371. The molecule has 0 aliphatic rings. The Morgan fingerprint density at radius 2 is 1.96 bits per heavy atom. The van der Waals surface area contributed by atoms with Gasteiger partial charge in [-0.15, -0.1) is 10.2 Å². The zero-order valence-electron chi connectivity index (χ0n) is 14.2. The van der Waals surface area contributed by atoms with Crippen molar-refractivity contribution in [3.63, 3.8) is 0 Å². The molecule has 0 spiro atoms. The first-order valence-corrected chi connectivity index (χ1v) is 8.55. The maximum Gasteiger partial charge on any atom is 0.273 e. The average molecular weight is 452 g/mol. The van der Waals surface area contributed by atoms with Crippen LogP contribution in [0.1, 0.15) is 22.8 Å². The van der Waals surface area contributed by atoms with E-state index in [0.717, 1.165) is 17.0 Å². The van der Waals surface area contributed by atoms with Crippen LogP contribution in [0.3, 0.4) is 0 Å².